The van der Waals surface area contributed by atoms with Crippen molar-refractivity contribution in [2.45, 2.75) is 51.6 Å². The van der Waals surface area contributed by atoms with Gasteiger partial charge in [0.2, 0.25) is 0 Å². The van der Waals surface area contributed by atoms with Gasteiger partial charge in [-0.3, -0.25) is 9.80 Å². The molecule has 3 heteroatoms. The normalized spacial score (nSPS) is 28.4. The molecule has 1 unspecified atom stereocenters. The molecule has 2 aliphatic rings. The van der Waals surface area contributed by atoms with Crippen LogP contribution in [0.25, 0.3) is 0 Å². The topological polar surface area (TPSA) is 18.5 Å². The Kier molecular flexibility index (Phi) is 5.75. The summed E-state index contributed by atoms with van der Waals surface area (Å²) in [5.41, 5.74) is 0. The lowest BCUT2D eigenvalue weighted by Gasteiger charge is -2.44. The molecule has 0 radical (unpaired) electrons. The van der Waals surface area contributed by atoms with Gasteiger partial charge >= 0.3 is 0 Å². The molecule has 2 aliphatic heterocycles. The largest absolute Gasteiger partial charge is 0.314 e. The van der Waals surface area contributed by atoms with Crippen LogP contribution in [0.3, 0.4) is 0 Å². The highest BCUT2D eigenvalue weighted by molar-refractivity contribution is 4.80. The second kappa shape index (κ2) is 7.34. The highest BCUT2D eigenvalue weighted by atomic mass is 15.4. The van der Waals surface area contributed by atoms with Gasteiger partial charge in [0.1, 0.15) is 0 Å². The van der Waals surface area contributed by atoms with E-state index in [1.165, 1.54) is 77.8 Å². The van der Waals surface area contributed by atoms with E-state index in [1.54, 1.807) is 0 Å². The number of likely N-dealkylation sites (tertiary alicyclic amines) is 1. The molecule has 0 aromatic heterocycles. The summed E-state index contributed by atoms with van der Waals surface area (Å²) in [6, 6.07) is 0. The van der Waals surface area contributed by atoms with Gasteiger partial charge in [-0.05, 0) is 38.8 Å². The van der Waals surface area contributed by atoms with Crippen LogP contribution in [0.2, 0.25) is 0 Å². The van der Waals surface area contributed by atoms with Crippen LogP contribution in [0, 0.1) is 0 Å². The van der Waals surface area contributed by atoms with Crippen LogP contribution >= 0.6 is 0 Å². The fourth-order valence-electron chi connectivity index (χ4n) is 3.19. The quantitative estimate of drug-likeness (QED) is 0.739. The molecule has 2 saturated heterocycles. The molecule has 0 aliphatic carbocycles. The van der Waals surface area contributed by atoms with E-state index in [4.69, 9.17) is 0 Å². The first-order chi connectivity index (χ1) is 8.42. The van der Waals surface area contributed by atoms with Gasteiger partial charge in [-0.2, -0.15) is 0 Å². The number of piperidine rings is 1. The Labute approximate surface area is 107 Å². The Bertz CT molecular complexity index is 202. The fourth-order valence-corrected chi connectivity index (χ4v) is 3.19. The second-order valence-corrected chi connectivity index (χ2v) is 5.51. The summed E-state index contributed by atoms with van der Waals surface area (Å²) in [5.74, 6) is 0. The van der Waals surface area contributed by atoms with Gasteiger partial charge in [0.15, 0.2) is 0 Å². The summed E-state index contributed by atoms with van der Waals surface area (Å²) >= 11 is 0. The monoisotopic (exact) mass is 239 g/mol. The zero-order chi connectivity index (χ0) is 11.9. The van der Waals surface area contributed by atoms with E-state index in [-0.39, 0.29) is 0 Å². The first-order valence-electron chi connectivity index (χ1n) is 7.60. The Morgan fingerprint density at radius 3 is 2.65 bits per heavy atom. The summed E-state index contributed by atoms with van der Waals surface area (Å²) in [7, 11) is 0. The van der Waals surface area contributed by atoms with E-state index >= 15 is 0 Å². The highest BCUT2D eigenvalue weighted by Crippen LogP contribution is 2.21. The molecule has 100 valence electrons. The molecule has 0 aromatic rings. The van der Waals surface area contributed by atoms with Crippen molar-refractivity contribution >= 4 is 0 Å². The molecule has 2 fully saturated rings. The lowest BCUT2D eigenvalue weighted by molar-refractivity contribution is 0.00593. The molecule has 2 rings (SSSR count). The zero-order valence-corrected chi connectivity index (χ0v) is 11.5. The van der Waals surface area contributed by atoms with Crippen LogP contribution in [-0.2, 0) is 0 Å². The third kappa shape index (κ3) is 3.94. The molecule has 0 aromatic carbocycles. The average Bonchev–Trinajstić information content (AvgIpc) is 2.41. The minimum atomic E-state index is 0.753. The Morgan fingerprint density at radius 1 is 1.06 bits per heavy atom. The first kappa shape index (κ1) is 13.3. The average molecular weight is 239 g/mol. The van der Waals surface area contributed by atoms with Crippen molar-refractivity contribution in [2.24, 2.45) is 0 Å². The fraction of sp³-hybridized carbons (Fsp3) is 1.00. The van der Waals surface area contributed by atoms with Crippen molar-refractivity contribution in [3.63, 3.8) is 0 Å². The lowest BCUT2D eigenvalue weighted by atomic mass is 10.1. The Hall–Kier alpha value is -0.120. The Morgan fingerprint density at radius 2 is 1.88 bits per heavy atom. The minimum Gasteiger partial charge on any atom is -0.314 e. The van der Waals surface area contributed by atoms with Gasteiger partial charge in [-0.15, -0.1) is 0 Å². The maximum Gasteiger partial charge on any atom is 0.0623 e. The second-order valence-electron chi connectivity index (χ2n) is 5.51. The van der Waals surface area contributed by atoms with Gasteiger partial charge in [0.25, 0.3) is 0 Å². The zero-order valence-electron chi connectivity index (χ0n) is 11.5. The summed E-state index contributed by atoms with van der Waals surface area (Å²) in [4.78, 5) is 5.46. The number of rotatable bonds is 5. The third-order valence-corrected chi connectivity index (χ3v) is 4.20. The molecule has 3 nitrogen and oxygen atoms in total. The van der Waals surface area contributed by atoms with Crippen LogP contribution < -0.4 is 5.32 Å². The highest BCUT2D eigenvalue weighted by Gasteiger charge is 2.27. The van der Waals surface area contributed by atoms with Crippen LogP contribution in [0.15, 0.2) is 0 Å². The number of nitrogens with one attached hydrogen (secondary N) is 1. The van der Waals surface area contributed by atoms with Crippen molar-refractivity contribution in [3.05, 3.63) is 0 Å². The molecule has 2 heterocycles. The standard InChI is InChI=1S/C14H29N3/c1-2-3-5-10-16-11-6-4-7-14(16)17-12-8-15-9-13-17/h14-15H,2-13H2,1H3. The van der Waals surface area contributed by atoms with E-state index in [2.05, 4.69) is 22.0 Å². The van der Waals surface area contributed by atoms with Crippen molar-refractivity contribution in [1.82, 2.24) is 15.1 Å². The van der Waals surface area contributed by atoms with Crippen molar-refractivity contribution < 1.29 is 0 Å². The van der Waals surface area contributed by atoms with Crippen LogP contribution in [-0.4, -0.2) is 55.2 Å². The number of hydrogen-bond donors (Lipinski definition) is 1. The Balaban J connectivity index is 1.82. The summed E-state index contributed by atoms with van der Waals surface area (Å²) in [5, 5.41) is 3.46. The maximum atomic E-state index is 3.46. The molecular weight excluding hydrogens is 210 g/mol. The lowest BCUT2D eigenvalue weighted by Crippen LogP contribution is -2.56. The SMILES string of the molecule is CCCCCN1CCCCC1N1CCNCC1. The van der Waals surface area contributed by atoms with E-state index in [9.17, 15) is 0 Å². The van der Waals surface area contributed by atoms with E-state index < -0.39 is 0 Å². The summed E-state index contributed by atoms with van der Waals surface area (Å²) in [6.45, 7) is 9.80. The molecule has 1 atom stereocenters. The number of nitrogens with zero attached hydrogens (tertiary/aromatic N) is 2. The van der Waals surface area contributed by atoms with E-state index in [1.807, 2.05) is 0 Å². The van der Waals surface area contributed by atoms with Gasteiger partial charge in [0, 0.05) is 26.2 Å². The van der Waals surface area contributed by atoms with E-state index in [0.717, 1.165) is 6.17 Å². The number of hydrogen-bond acceptors (Lipinski definition) is 3. The minimum absolute atomic E-state index is 0.753. The van der Waals surface area contributed by atoms with Crippen LogP contribution in [0.5, 0.6) is 0 Å². The molecule has 1 N–H and O–H groups in total. The number of piperazine rings is 1. The molecular formula is C14H29N3. The predicted octanol–water partition coefficient (Wildman–Crippen LogP) is 1.89. The molecule has 0 bridgehead atoms. The van der Waals surface area contributed by atoms with Gasteiger partial charge in [-0.25, -0.2) is 0 Å². The molecule has 17 heavy (non-hydrogen) atoms. The first-order valence-corrected chi connectivity index (χ1v) is 7.60. The smallest absolute Gasteiger partial charge is 0.0623 e. The molecule has 0 saturated carbocycles. The molecule has 0 spiro atoms. The third-order valence-electron chi connectivity index (χ3n) is 4.20. The van der Waals surface area contributed by atoms with Gasteiger partial charge < -0.3 is 5.32 Å². The van der Waals surface area contributed by atoms with Crippen molar-refractivity contribution in [3.8, 4) is 0 Å². The van der Waals surface area contributed by atoms with Crippen LogP contribution in [0.4, 0.5) is 0 Å². The summed E-state index contributed by atoms with van der Waals surface area (Å²) in [6.07, 6.45) is 9.11. The predicted molar refractivity (Wildman–Crippen MR) is 73.2 cm³/mol. The van der Waals surface area contributed by atoms with Crippen molar-refractivity contribution in [1.29, 1.82) is 0 Å². The van der Waals surface area contributed by atoms with Gasteiger partial charge in [0.05, 0.1) is 6.17 Å². The van der Waals surface area contributed by atoms with Crippen molar-refractivity contribution in [2.75, 3.05) is 39.3 Å². The maximum absolute atomic E-state index is 3.46. The number of unbranched alkanes of at least 4 members (excludes halogenated alkanes) is 2. The van der Waals surface area contributed by atoms with E-state index in [0.29, 0.717) is 0 Å². The molecule has 0 amide bonds. The van der Waals surface area contributed by atoms with Crippen LogP contribution in [0.1, 0.15) is 45.4 Å². The summed E-state index contributed by atoms with van der Waals surface area (Å²) < 4.78 is 0. The van der Waals surface area contributed by atoms with Gasteiger partial charge in [-0.1, -0.05) is 19.8 Å².